The predicted molar refractivity (Wildman–Crippen MR) is 96.5 cm³/mol. The molecule has 0 fully saturated rings. The summed E-state index contributed by atoms with van der Waals surface area (Å²) >= 11 is 0. The van der Waals surface area contributed by atoms with Crippen LogP contribution in [0.3, 0.4) is 0 Å². The van der Waals surface area contributed by atoms with Crippen molar-refractivity contribution < 1.29 is 4.79 Å². The Morgan fingerprint density at radius 3 is 2.57 bits per heavy atom. The maximum Gasteiger partial charge on any atom is 0.256 e. The molecule has 0 aromatic heterocycles. The molecular weight excluding hydrogens is 286 g/mol. The summed E-state index contributed by atoms with van der Waals surface area (Å²) in [7, 11) is 0. The molecule has 1 aliphatic rings. The molecule has 23 heavy (non-hydrogen) atoms. The van der Waals surface area contributed by atoms with E-state index in [9.17, 15) is 4.79 Å². The standard InChI is InChI=1S/C19H31N3O/c1-7-8-16(18(23)21-20)22-17-10-13(3)12(2)9-15(17)14(4)11-19(22,5)6/h9-10,14,16H,7-8,11,20H2,1-6H3,(H,21,23)/t14-,16-/m0/s1. The fourth-order valence-corrected chi connectivity index (χ4v) is 4.05. The summed E-state index contributed by atoms with van der Waals surface area (Å²) < 4.78 is 0. The van der Waals surface area contributed by atoms with Crippen molar-refractivity contribution in [1.29, 1.82) is 0 Å². The Balaban J connectivity index is 2.62. The summed E-state index contributed by atoms with van der Waals surface area (Å²) in [4.78, 5) is 14.8. The molecule has 4 heteroatoms. The molecular formula is C19H31N3O. The molecule has 4 nitrogen and oxygen atoms in total. The lowest BCUT2D eigenvalue weighted by atomic mass is 9.77. The van der Waals surface area contributed by atoms with E-state index in [1.807, 2.05) is 0 Å². The van der Waals surface area contributed by atoms with Crippen LogP contribution in [0.1, 0.15) is 69.6 Å². The lowest BCUT2D eigenvalue weighted by molar-refractivity contribution is -0.123. The van der Waals surface area contributed by atoms with Gasteiger partial charge in [0.1, 0.15) is 6.04 Å². The number of hydrogen-bond donors (Lipinski definition) is 2. The average Bonchev–Trinajstić information content (AvgIpc) is 2.47. The molecule has 1 aromatic rings. The van der Waals surface area contributed by atoms with Crippen LogP contribution in [0.15, 0.2) is 12.1 Å². The van der Waals surface area contributed by atoms with Crippen LogP contribution in [-0.4, -0.2) is 17.5 Å². The quantitative estimate of drug-likeness (QED) is 0.507. The molecule has 0 bridgehead atoms. The Kier molecular flexibility index (Phi) is 5.04. The molecule has 1 aliphatic heterocycles. The largest absolute Gasteiger partial charge is 0.354 e. The van der Waals surface area contributed by atoms with E-state index in [0.29, 0.717) is 5.92 Å². The van der Waals surface area contributed by atoms with Crippen LogP contribution >= 0.6 is 0 Å². The fraction of sp³-hybridized carbons (Fsp3) is 0.632. The normalized spacial score (nSPS) is 20.8. The fourth-order valence-electron chi connectivity index (χ4n) is 4.05. The third-order valence-electron chi connectivity index (χ3n) is 5.21. The van der Waals surface area contributed by atoms with Crippen LogP contribution in [0.5, 0.6) is 0 Å². The van der Waals surface area contributed by atoms with Gasteiger partial charge < -0.3 is 4.90 Å². The first kappa shape index (κ1) is 17.8. The minimum Gasteiger partial charge on any atom is -0.354 e. The molecule has 2 rings (SSSR count). The van der Waals surface area contributed by atoms with E-state index in [1.165, 1.54) is 22.4 Å². The molecule has 0 radical (unpaired) electrons. The summed E-state index contributed by atoms with van der Waals surface area (Å²) in [6, 6.07) is 4.31. The molecule has 0 spiro atoms. The zero-order valence-electron chi connectivity index (χ0n) is 15.4. The molecule has 1 aromatic carbocycles. The molecule has 0 unspecified atom stereocenters. The number of fused-ring (bicyclic) bond motifs is 1. The number of hydrogen-bond acceptors (Lipinski definition) is 3. The molecule has 0 saturated heterocycles. The maximum absolute atomic E-state index is 12.5. The van der Waals surface area contributed by atoms with Crippen LogP contribution in [0.4, 0.5) is 5.69 Å². The zero-order chi connectivity index (χ0) is 17.4. The number of anilines is 1. The van der Waals surface area contributed by atoms with Crippen LogP contribution in [0.2, 0.25) is 0 Å². The minimum absolute atomic E-state index is 0.0829. The summed E-state index contributed by atoms with van der Waals surface area (Å²) in [5.74, 6) is 5.86. The van der Waals surface area contributed by atoms with E-state index in [4.69, 9.17) is 5.84 Å². The van der Waals surface area contributed by atoms with Gasteiger partial charge in [0, 0.05) is 11.2 Å². The lowest BCUT2D eigenvalue weighted by Gasteiger charge is -2.51. The first-order valence-corrected chi connectivity index (χ1v) is 8.63. The lowest BCUT2D eigenvalue weighted by Crippen LogP contribution is -2.59. The second-order valence-corrected chi connectivity index (χ2v) is 7.60. The summed E-state index contributed by atoms with van der Waals surface area (Å²) in [5, 5.41) is 0. The van der Waals surface area contributed by atoms with Gasteiger partial charge in [0.15, 0.2) is 0 Å². The molecule has 1 heterocycles. The first-order chi connectivity index (χ1) is 10.7. The zero-order valence-corrected chi connectivity index (χ0v) is 15.4. The van der Waals surface area contributed by atoms with Crippen molar-refractivity contribution in [2.24, 2.45) is 5.84 Å². The van der Waals surface area contributed by atoms with Gasteiger partial charge in [0.25, 0.3) is 5.91 Å². The second-order valence-electron chi connectivity index (χ2n) is 7.60. The number of rotatable bonds is 4. The Labute approximate surface area is 140 Å². The number of aryl methyl sites for hydroxylation is 2. The van der Waals surface area contributed by atoms with Gasteiger partial charge in [0.05, 0.1) is 0 Å². The highest BCUT2D eigenvalue weighted by Gasteiger charge is 2.42. The second kappa shape index (κ2) is 6.52. The van der Waals surface area contributed by atoms with Crippen molar-refractivity contribution in [2.45, 2.75) is 78.3 Å². The average molecular weight is 317 g/mol. The van der Waals surface area contributed by atoms with Gasteiger partial charge in [-0.3, -0.25) is 10.2 Å². The van der Waals surface area contributed by atoms with Crippen molar-refractivity contribution in [3.63, 3.8) is 0 Å². The number of carbonyl (C=O) groups is 1. The van der Waals surface area contributed by atoms with Crippen molar-refractivity contribution in [1.82, 2.24) is 5.43 Å². The molecule has 128 valence electrons. The molecule has 0 aliphatic carbocycles. The topological polar surface area (TPSA) is 58.4 Å². The van der Waals surface area contributed by atoms with Gasteiger partial charge in [-0.15, -0.1) is 0 Å². The first-order valence-electron chi connectivity index (χ1n) is 8.63. The smallest absolute Gasteiger partial charge is 0.256 e. The van der Waals surface area contributed by atoms with Gasteiger partial charge in [-0.25, -0.2) is 5.84 Å². The highest BCUT2D eigenvalue weighted by atomic mass is 16.2. The number of amides is 1. The Morgan fingerprint density at radius 1 is 1.39 bits per heavy atom. The van der Waals surface area contributed by atoms with Gasteiger partial charge >= 0.3 is 0 Å². The van der Waals surface area contributed by atoms with E-state index in [1.54, 1.807) is 0 Å². The molecule has 2 atom stereocenters. The molecule has 1 amide bonds. The minimum atomic E-state index is -0.228. The van der Waals surface area contributed by atoms with E-state index >= 15 is 0 Å². The van der Waals surface area contributed by atoms with Crippen molar-refractivity contribution in [3.05, 3.63) is 28.8 Å². The van der Waals surface area contributed by atoms with Crippen LogP contribution < -0.4 is 16.2 Å². The Hall–Kier alpha value is -1.55. The predicted octanol–water partition coefficient (Wildman–Crippen LogP) is 3.55. The molecule has 0 saturated carbocycles. The van der Waals surface area contributed by atoms with Gasteiger partial charge in [-0.1, -0.05) is 26.3 Å². The Bertz CT molecular complexity index is 595. The number of nitrogens with zero attached hydrogens (tertiary/aromatic N) is 1. The highest BCUT2D eigenvalue weighted by Crippen LogP contribution is 2.45. The van der Waals surface area contributed by atoms with Gasteiger partial charge in [0.2, 0.25) is 0 Å². The summed E-state index contributed by atoms with van der Waals surface area (Å²) in [5.41, 5.74) is 7.41. The number of carbonyl (C=O) groups excluding carboxylic acids is 1. The van der Waals surface area contributed by atoms with Gasteiger partial charge in [-0.2, -0.15) is 0 Å². The number of nitrogens with two attached hydrogens (primary N) is 1. The van der Waals surface area contributed by atoms with Crippen LogP contribution in [0, 0.1) is 13.8 Å². The summed E-state index contributed by atoms with van der Waals surface area (Å²) in [6.07, 6.45) is 2.77. The third kappa shape index (κ3) is 3.23. The van der Waals surface area contributed by atoms with Crippen molar-refractivity contribution in [2.75, 3.05) is 4.90 Å². The van der Waals surface area contributed by atoms with E-state index < -0.39 is 0 Å². The number of hydrazine groups is 1. The highest BCUT2D eigenvalue weighted by molar-refractivity contribution is 5.86. The van der Waals surface area contributed by atoms with Crippen LogP contribution in [0.25, 0.3) is 0 Å². The molecule has 3 N–H and O–H groups in total. The number of nitrogens with one attached hydrogen (secondary N) is 1. The van der Waals surface area contributed by atoms with Crippen molar-refractivity contribution in [3.8, 4) is 0 Å². The van der Waals surface area contributed by atoms with Crippen LogP contribution in [-0.2, 0) is 4.79 Å². The van der Waals surface area contributed by atoms with E-state index in [0.717, 1.165) is 19.3 Å². The maximum atomic E-state index is 12.5. The SMILES string of the molecule is CCC[C@@H](C(=O)NN)N1c2cc(C)c(C)cc2[C@@H](C)CC1(C)C. The summed E-state index contributed by atoms with van der Waals surface area (Å²) in [6.45, 7) is 13.1. The third-order valence-corrected chi connectivity index (χ3v) is 5.21. The Morgan fingerprint density at radius 2 is 2.00 bits per heavy atom. The van der Waals surface area contributed by atoms with E-state index in [-0.39, 0.29) is 17.5 Å². The van der Waals surface area contributed by atoms with Gasteiger partial charge in [-0.05, 0) is 69.2 Å². The van der Waals surface area contributed by atoms with Crippen molar-refractivity contribution >= 4 is 11.6 Å². The monoisotopic (exact) mass is 317 g/mol. The number of benzene rings is 1. The van der Waals surface area contributed by atoms with E-state index in [2.05, 4.69) is 64.0 Å².